The molecule has 98 valence electrons. The average molecular weight is 257 g/mol. The third-order valence-electron chi connectivity index (χ3n) is 2.97. The van der Waals surface area contributed by atoms with E-state index in [9.17, 15) is 0 Å². The number of anilines is 1. The quantitative estimate of drug-likeness (QED) is 0.731. The summed E-state index contributed by atoms with van der Waals surface area (Å²) in [5, 5.41) is 11.0. The molecule has 0 fully saturated rings. The molecule has 2 N–H and O–H groups in total. The Hall–Kier alpha value is -2.44. The molecule has 0 saturated heterocycles. The van der Waals surface area contributed by atoms with Crippen LogP contribution in [0.5, 0.6) is 0 Å². The number of fused-ring (bicyclic) bond motifs is 1. The second-order valence-corrected chi connectivity index (χ2v) is 4.29. The first kappa shape index (κ1) is 11.6. The molecule has 0 atom stereocenters. The molecule has 7 heteroatoms. The Kier molecular flexibility index (Phi) is 2.86. The van der Waals surface area contributed by atoms with Gasteiger partial charge in [-0.25, -0.2) is 9.97 Å². The highest BCUT2D eigenvalue weighted by Gasteiger charge is 2.11. The van der Waals surface area contributed by atoms with Crippen molar-refractivity contribution in [2.75, 3.05) is 11.9 Å². The fourth-order valence-corrected chi connectivity index (χ4v) is 1.98. The molecule has 3 aromatic heterocycles. The topological polar surface area (TPSA) is 84.3 Å². The van der Waals surface area contributed by atoms with Crippen LogP contribution in [0, 0.1) is 0 Å². The number of nitrogens with zero attached hydrogens (tertiary/aromatic N) is 5. The minimum atomic E-state index is 0.614. The number of nitrogens with one attached hydrogen (secondary N) is 2. The molecule has 19 heavy (non-hydrogen) atoms. The van der Waals surface area contributed by atoms with Crippen molar-refractivity contribution in [3.05, 3.63) is 30.1 Å². The molecule has 3 rings (SSSR count). The van der Waals surface area contributed by atoms with Crippen molar-refractivity contribution in [3.8, 4) is 0 Å². The Morgan fingerprint density at radius 3 is 3.00 bits per heavy atom. The third-order valence-corrected chi connectivity index (χ3v) is 2.97. The van der Waals surface area contributed by atoms with Gasteiger partial charge in [-0.05, 0) is 6.92 Å². The maximum absolute atomic E-state index is 4.54. The van der Waals surface area contributed by atoms with E-state index in [4.69, 9.17) is 0 Å². The van der Waals surface area contributed by atoms with Gasteiger partial charge < -0.3 is 9.88 Å². The molecule has 7 nitrogen and oxygen atoms in total. The van der Waals surface area contributed by atoms with Gasteiger partial charge in [0, 0.05) is 32.4 Å². The molecular weight excluding hydrogens is 242 g/mol. The van der Waals surface area contributed by atoms with E-state index < -0.39 is 0 Å². The van der Waals surface area contributed by atoms with Crippen LogP contribution in [0.15, 0.2) is 18.6 Å². The van der Waals surface area contributed by atoms with Crippen LogP contribution in [0.3, 0.4) is 0 Å². The number of hydrogen-bond acceptors (Lipinski definition) is 5. The summed E-state index contributed by atoms with van der Waals surface area (Å²) < 4.78 is 1.99. The van der Waals surface area contributed by atoms with Gasteiger partial charge in [0.05, 0.1) is 17.3 Å². The maximum atomic E-state index is 4.54. The van der Waals surface area contributed by atoms with Crippen molar-refractivity contribution >= 4 is 17.0 Å². The lowest BCUT2D eigenvalue weighted by Crippen LogP contribution is -2.07. The van der Waals surface area contributed by atoms with E-state index in [1.807, 2.05) is 24.7 Å². The third kappa shape index (κ3) is 2.14. The molecule has 0 spiro atoms. The van der Waals surface area contributed by atoms with Crippen LogP contribution in [-0.4, -0.2) is 36.3 Å². The molecule has 3 aromatic rings. The first-order chi connectivity index (χ1) is 9.28. The lowest BCUT2D eigenvalue weighted by molar-refractivity contribution is 0.813. The lowest BCUT2D eigenvalue weighted by atomic mass is 10.2. The monoisotopic (exact) mass is 257 g/mol. The van der Waals surface area contributed by atoms with Gasteiger partial charge in [0.2, 0.25) is 5.95 Å². The van der Waals surface area contributed by atoms with E-state index in [0.29, 0.717) is 12.4 Å². The van der Waals surface area contributed by atoms with Crippen LogP contribution in [0.2, 0.25) is 0 Å². The number of aromatic amines is 1. The standard InChI is InChI=1S/C12H15N7/c1-3-13-12-16-9(6-10-14-4-5-19(10)2)8-7-15-18-11(8)17-12/h4-5,7H,3,6H2,1-2H3,(H2,13,15,16,17,18). The number of aromatic nitrogens is 6. The van der Waals surface area contributed by atoms with Crippen molar-refractivity contribution in [2.24, 2.45) is 7.05 Å². The van der Waals surface area contributed by atoms with Crippen molar-refractivity contribution in [2.45, 2.75) is 13.3 Å². The largest absolute Gasteiger partial charge is 0.354 e. The summed E-state index contributed by atoms with van der Waals surface area (Å²) >= 11 is 0. The van der Waals surface area contributed by atoms with Crippen molar-refractivity contribution < 1.29 is 0 Å². The van der Waals surface area contributed by atoms with Gasteiger partial charge in [0.15, 0.2) is 5.65 Å². The number of aryl methyl sites for hydroxylation is 1. The lowest BCUT2D eigenvalue weighted by Gasteiger charge is -2.06. The Labute approximate surface area is 110 Å². The van der Waals surface area contributed by atoms with Crippen LogP contribution in [0.4, 0.5) is 5.95 Å². The molecule has 3 heterocycles. The minimum absolute atomic E-state index is 0.614. The van der Waals surface area contributed by atoms with Gasteiger partial charge in [0.1, 0.15) is 5.82 Å². The minimum Gasteiger partial charge on any atom is -0.354 e. The summed E-state index contributed by atoms with van der Waals surface area (Å²) in [6, 6.07) is 0. The Balaban J connectivity index is 2.05. The number of imidazole rings is 1. The molecule has 0 bridgehead atoms. The molecule has 0 aromatic carbocycles. The predicted octanol–water partition coefficient (Wildman–Crippen LogP) is 1.11. The van der Waals surface area contributed by atoms with Gasteiger partial charge in [-0.3, -0.25) is 5.10 Å². The predicted molar refractivity (Wildman–Crippen MR) is 71.9 cm³/mol. The molecular formula is C12H15N7. The number of rotatable bonds is 4. The Morgan fingerprint density at radius 2 is 2.26 bits per heavy atom. The summed E-state index contributed by atoms with van der Waals surface area (Å²) in [4.78, 5) is 13.2. The van der Waals surface area contributed by atoms with E-state index in [-0.39, 0.29) is 0 Å². The molecule has 0 unspecified atom stereocenters. The van der Waals surface area contributed by atoms with Crippen LogP contribution in [0.1, 0.15) is 18.4 Å². The van der Waals surface area contributed by atoms with Gasteiger partial charge in [0.25, 0.3) is 0 Å². The van der Waals surface area contributed by atoms with Gasteiger partial charge >= 0.3 is 0 Å². The number of hydrogen-bond donors (Lipinski definition) is 2. The van der Waals surface area contributed by atoms with E-state index in [1.165, 1.54) is 0 Å². The highest BCUT2D eigenvalue weighted by Crippen LogP contribution is 2.17. The van der Waals surface area contributed by atoms with Crippen LogP contribution < -0.4 is 5.32 Å². The molecule has 0 saturated carbocycles. The average Bonchev–Trinajstić information content (AvgIpc) is 3.00. The first-order valence-electron chi connectivity index (χ1n) is 6.18. The highest BCUT2D eigenvalue weighted by atomic mass is 15.2. The van der Waals surface area contributed by atoms with E-state index >= 15 is 0 Å². The Morgan fingerprint density at radius 1 is 1.37 bits per heavy atom. The smallest absolute Gasteiger partial charge is 0.224 e. The fourth-order valence-electron chi connectivity index (χ4n) is 1.98. The summed E-state index contributed by atoms with van der Waals surface area (Å²) in [5.74, 6) is 1.58. The zero-order valence-electron chi connectivity index (χ0n) is 10.9. The van der Waals surface area contributed by atoms with Crippen molar-refractivity contribution in [3.63, 3.8) is 0 Å². The molecule has 0 aliphatic heterocycles. The first-order valence-corrected chi connectivity index (χ1v) is 6.18. The second kappa shape index (κ2) is 4.68. The fraction of sp³-hybridized carbons (Fsp3) is 0.333. The molecule has 0 radical (unpaired) electrons. The van der Waals surface area contributed by atoms with Gasteiger partial charge in [-0.2, -0.15) is 10.1 Å². The summed E-state index contributed by atoms with van der Waals surface area (Å²) in [6.07, 6.45) is 6.12. The van der Waals surface area contributed by atoms with Gasteiger partial charge in [-0.15, -0.1) is 0 Å². The van der Waals surface area contributed by atoms with Crippen LogP contribution >= 0.6 is 0 Å². The SMILES string of the molecule is CCNc1nc(Cc2nccn2C)c2cn[nH]c2n1. The normalized spacial score (nSPS) is 11.1. The summed E-state index contributed by atoms with van der Waals surface area (Å²) in [5.41, 5.74) is 1.67. The summed E-state index contributed by atoms with van der Waals surface area (Å²) in [6.45, 7) is 2.79. The highest BCUT2D eigenvalue weighted by molar-refractivity contribution is 5.78. The maximum Gasteiger partial charge on any atom is 0.224 e. The second-order valence-electron chi connectivity index (χ2n) is 4.29. The molecule has 0 amide bonds. The van der Waals surface area contributed by atoms with E-state index in [0.717, 1.165) is 29.1 Å². The number of H-pyrrole nitrogens is 1. The molecule has 0 aliphatic rings. The van der Waals surface area contributed by atoms with Gasteiger partial charge in [-0.1, -0.05) is 0 Å². The molecule has 0 aliphatic carbocycles. The Bertz CT molecular complexity index is 697. The summed E-state index contributed by atoms with van der Waals surface area (Å²) in [7, 11) is 1.97. The van der Waals surface area contributed by atoms with E-state index in [2.05, 4.69) is 30.5 Å². The van der Waals surface area contributed by atoms with Crippen LogP contribution in [-0.2, 0) is 13.5 Å². The zero-order chi connectivity index (χ0) is 13.2. The zero-order valence-corrected chi connectivity index (χ0v) is 10.9. The van der Waals surface area contributed by atoms with Crippen molar-refractivity contribution in [1.82, 2.24) is 29.7 Å². The van der Waals surface area contributed by atoms with E-state index in [1.54, 1.807) is 12.4 Å². The van der Waals surface area contributed by atoms with Crippen LogP contribution in [0.25, 0.3) is 11.0 Å². The van der Waals surface area contributed by atoms with Crippen molar-refractivity contribution in [1.29, 1.82) is 0 Å².